The zero-order chi connectivity index (χ0) is 16.3. The SMILES string of the molecule is CN(CC(C)(C)O)C(=O)c1cnc(Cc2ccc(F)cc2)s1. The maximum absolute atomic E-state index is 12.9. The van der Waals surface area contributed by atoms with Crippen molar-refractivity contribution in [1.82, 2.24) is 9.88 Å². The van der Waals surface area contributed by atoms with E-state index in [0.717, 1.165) is 10.6 Å². The predicted octanol–water partition coefficient (Wildman–Crippen LogP) is 2.72. The number of carbonyl (C=O) groups is 1. The summed E-state index contributed by atoms with van der Waals surface area (Å²) in [5, 5.41) is 10.6. The number of likely N-dealkylation sites (N-methyl/N-ethyl adjacent to an activating group) is 1. The summed E-state index contributed by atoms with van der Waals surface area (Å²) in [6.07, 6.45) is 2.11. The molecule has 0 saturated heterocycles. The molecule has 2 rings (SSSR count). The van der Waals surface area contributed by atoms with Gasteiger partial charge in [0.1, 0.15) is 10.7 Å². The fraction of sp³-hybridized carbons (Fsp3) is 0.375. The molecule has 0 saturated carbocycles. The number of rotatable bonds is 5. The molecule has 1 N–H and O–H groups in total. The molecule has 0 unspecified atom stereocenters. The van der Waals surface area contributed by atoms with Crippen molar-refractivity contribution in [2.24, 2.45) is 0 Å². The van der Waals surface area contributed by atoms with Crippen LogP contribution in [-0.4, -0.2) is 40.1 Å². The minimum Gasteiger partial charge on any atom is -0.389 e. The number of hydrogen-bond donors (Lipinski definition) is 1. The van der Waals surface area contributed by atoms with Gasteiger partial charge in [0.2, 0.25) is 0 Å². The Morgan fingerprint density at radius 3 is 2.59 bits per heavy atom. The number of thiazole rings is 1. The monoisotopic (exact) mass is 322 g/mol. The van der Waals surface area contributed by atoms with Crippen molar-refractivity contribution in [2.75, 3.05) is 13.6 Å². The van der Waals surface area contributed by atoms with E-state index < -0.39 is 5.60 Å². The highest BCUT2D eigenvalue weighted by Gasteiger charge is 2.21. The van der Waals surface area contributed by atoms with E-state index in [9.17, 15) is 14.3 Å². The van der Waals surface area contributed by atoms with Gasteiger partial charge in [-0.15, -0.1) is 11.3 Å². The second kappa shape index (κ2) is 6.54. The lowest BCUT2D eigenvalue weighted by Crippen LogP contribution is -2.39. The van der Waals surface area contributed by atoms with E-state index in [2.05, 4.69) is 4.98 Å². The van der Waals surface area contributed by atoms with Crippen LogP contribution in [0.1, 0.15) is 34.1 Å². The first kappa shape index (κ1) is 16.6. The van der Waals surface area contributed by atoms with Crippen LogP contribution in [0, 0.1) is 5.82 Å². The second-order valence-corrected chi connectivity index (χ2v) is 7.01. The number of carbonyl (C=O) groups excluding carboxylic acids is 1. The molecule has 1 amide bonds. The maximum atomic E-state index is 12.9. The highest BCUT2D eigenvalue weighted by Crippen LogP contribution is 2.19. The lowest BCUT2D eigenvalue weighted by Gasteiger charge is -2.24. The molecule has 0 aliphatic heterocycles. The van der Waals surface area contributed by atoms with Crippen molar-refractivity contribution >= 4 is 17.2 Å². The third-order valence-electron chi connectivity index (χ3n) is 3.00. The summed E-state index contributed by atoms with van der Waals surface area (Å²) in [7, 11) is 1.65. The van der Waals surface area contributed by atoms with Crippen LogP contribution in [0.2, 0.25) is 0 Å². The third-order valence-corrected chi connectivity index (χ3v) is 3.99. The van der Waals surface area contributed by atoms with Crippen molar-refractivity contribution < 1.29 is 14.3 Å². The van der Waals surface area contributed by atoms with Gasteiger partial charge in [-0.05, 0) is 31.5 Å². The van der Waals surface area contributed by atoms with Crippen LogP contribution in [-0.2, 0) is 6.42 Å². The van der Waals surface area contributed by atoms with Crippen LogP contribution in [0.25, 0.3) is 0 Å². The van der Waals surface area contributed by atoms with E-state index in [0.29, 0.717) is 11.3 Å². The molecule has 1 heterocycles. The van der Waals surface area contributed by atoms with E-state index >= 15 is 0 Å². The van der Waals surface area contributed by atoms with Gasteiger partial charge in [0.25, 0.3) is 5.91 Å². The van der Waals surface area contributed by atoms with Gasteiger partial charge in [-0.25, -0.2) is 9.37 Å². The van der Waals surface area contributed by atoms with Crippen molar-refractivity contribution in [3.63, 3.8) is 0 Å². The average molecular weight is 322 g/mol. The summed E-state index contributed by atoms with van der Waals surface area (Å²) < 4.78 is 12.9. The Bertz CT molecular complexity index is 647. The summed E-state index contributed by atoms with van der Waals surface area (Å²) in [6, 6.07) is 6.23. The first-order valence-electron chi connectivity index (χ1n) is 6.91. The number of hydrogen-bond acceptors (Lipinski definition) is 4. The molecule has 1 aromatic heterocycles. The number of aliphatic hydroxyl groups is 1. The molecule has 0 fully saturated rings. The van der Waals surface area contributed by atoms with Crippen molar-refractivity contribution in [3.8, 4) is 0 Å². The van der Waals surface area contributed by atoms with Gasteiger partial charge >= 0.3 is 0 Å². The molecular weight excluding hydrogens is 303 g/mol. The summed E-state index contributed by atoms with van der Waals surface area (Å²) >= 11 is 1.32. The number of aromatic nitrogens is 1. The molecule has 0 aliphatic rings. The fourth-order valence-electron chi connectivity index (χ4n) is 2.11. The highest BCUT2D eigenvalue weighted by molar-refractivity contribution is 7.13. The molecule has 0 bridgehead atoms. The number of amides is 1. The zero-order valence-electron chi connectivity index (χ0n) is 12.8. The summed E-state index contributed by atoms with van der Waals surface area (Å²) in [6.45, 7) is 3.56. The summed E-state index contributed by atoms with van der Waals surface area (Å²) in [5.74, 6) is -0.433. The Labute approximate surface area is 133 Å². The first-order valence-corrected chi connectivity index (χ1v) is 7.73. The maximum Gasteiger partial charge on any atom is 0.265 e. The highest BCUT2D eigenvalue weighted by atomic mass is 32.1. The van der Waals surface area contributed by atoms with Crippen LogP contribution >= 0.6 is 11.3 Å². The van der Waals surface area contributed by atoms with Crippen molar-refractivity contribution in [2.45, 2.75) is 25.9 Å². The lowest BCUT2D eigenvalue weighted by atomic mass is 10.1. The minimum absolute atomic E-state index is 0.162. The van der Waals surface area contributed by atoms with Crippen LogP contribution in [0.5, 0.6) is 0 Å². The van der Waals surface area contributed by atoms with E-state index in [-0.39, 0.29) is 18.3 Å². The topological polar surface area (TPSA) is 53.4 Å². The van der Waals surface area contributed by atoms with Gasteiger partial charge in [-0.2, -0.15) is 0 Å². The Hall–Kier alpha value is -1.79. The molecule has 1 aromatic carbocycles. The van der Waals surface area contributed by atoms with Crippen LogP contribution in [0.15, 0.2) is 30.5 Å². The van der Waals surface area contributed by atoms with Crippen LogP contribution in [0.4, 0.5) is 4.39 Å². The van der Waals surface area contributed by atoms with Gasteiger partial charge < -0.3 is 10.0 Å². The molecule has 4 nitrogen and oxygen atoms in total. The number of nitrogens with zero attached hydrogens (tertiary/aromatic N) is 2. The van der Waals surface area contributed by atoms with E-state index in [1.165, 1.54) is 28.4 Å². The van der Waals surface area contributed by atoms with Gasteiger partial charge in [-0.3, -0.25) is 4.79 Å². The predicted molar refractivity (Wildman–Crippen MR) is 84.6 cm³/mol. The Balaban J connectivity index is 2.04. The fourth-order valence-corrected chi connectivity index (χ4v) is 3.05. The Kier molecular flexibility index (Phi) is 4.93. The summed E-state index contributed by atoms with van der Waals surface area (Å²) in [4.78, 5) is 18.5. The third kappa shape index (κ3) is 4.61. The van der Waals surface area contributed by atoms with Crippen molar-refractivity contribution in [1.29, 1.82) is 0 Å². The zero-order valence-corrected chi connectivity index (χ0v) is 13.7. The quantitative estimate of drug-likeness (QED) is 0.921. The van der Waals surface area contributed by atoms with E-state index in [4.69, 9.17) is 0 Å². The van der Waals surface area contributed by atoms with Crippen LogP contribution < -0.4 is 0 Å². The van der Waals surface area contributed by atoms with Crippen LogP contribution in [0.3, 0.4) is 0 Å². The van der Waals surface area contributed by atoms with E-state index in [1.54, 1.807) is 39.2 Å². The van der Waals surface area contributed by atoms with Gasteiger partial charge in [0.15, 0.2) is 0 Å². The lowest BCUT2D eigenvalue weighted by molar-refractivity contribution is 0.0370. The first-order chi connectivity index (χ1) is 10.2. The molecule has 22 heavy (non-hydrogen) atoms. The van der Waals surface area contributed by atoms with E-state index in [1.807, 2.05) is 0 Å². The number of benzene rings is 1. The Morgan fingerprint density at radius 2 is 2.00 bits per heavy atom. The normalized spacial score (nSPS) is 11.5. The number of halogens is 1. The van der Waals surface area contributed by atoms with Crippen molar-refractivity contribution in [3.05, 3.63) is 51.7 Å². The van der Waals surface area contributed by atoms with Gasteiger partial charge in [0, 0.05) is 20.0 Å². The summed E-state index contributed by atoms with van der Waals surface area (Å²) in [5.41, 5.74) is 0.00562. The molecular formula is C16H19FN2O2S. The van der Waals surface area contributed by atoms with Gasteiger partial charge in [0.05, 0.1) is 16.8 Å². The smallest absolute Gasteiger partial charge is 0.265 e. The Morgan fingerprint density at radius 1 is 1.36 bits per heavy atom. The average Bonchev–Trinajstić information content (AvgIpc) is 2.87. The molecule has 118 valence electrons. The molecule has 0 radical (unpaired) electrons. The molecule has 6 heteroatoms. The molecule has 0 atom stereocenters. The molecule has 2 aromatic rings. The van der Waals surface area contributed by atoms with Gasteiger partial charge in [-0.1, -0.05) is 12.1 Å². The molecule has 0 spiro atoms. The second-order valence-electron chi connectivity index (χ2n) is 5.90. The molecule has 0 aliphatic carbocycles. The standard InChI is InChI=1S/C16H19FN2O2S/c1-16(2,21)10-19(3)15(20)13-9-18-14(22-13)8-11-4-6-12(17)7-5-11/h4-7,9,21H,8,10H2,1-3H3. The minimum atomic E-state index is -0.938. The largest absolute Gasteiger partial charge is 0.389 e.